The van der Waals surface area contributed by atoms with Crippen LogP contribution in [-0.4, -0.2) is 36.0 Å². The molecule has 3 aliphatic heterocycles. The molecule has 2 saturated heterocycles. The van der Waals surface area contributed by atoms with Crippen LogP contribution in [0.3, 0.4) is 0 Å². The van der Waals surface area contributed by atoms with Gasteiger partial charge in [0.2, 0.25) is 11.8 Å². The van der Waals surface area contributed by atoms with Crippen molar-refractivity contribution in [3.63, 3.8) is 0 Å². The minimum absolute atomic E-state index is 0.00300. The Morgan fingerprint density at radius 3 is 2.33 bits per heavy atom. The zero-order chi connectivity index (χ0) is 23.5. The highest BCUT2D eigenvalue weighted by atomic mass is 16.5. The Morgan fingerprint density at radius 2 is 1.70 bits per heavy atom. The molecule has 0 aromatic heterocycles. The van der Waals surface area contributed by atoms with Gasteiger partial charge in [-0.2, -0.15) is 0 Å². The normalized spacial score (nSPS) is 27.9. The highest BCUT2D eigenvalue weighted by Crippen LogP contribution is 2.52. The van der Waals surface area contributed by atoms with Crippen molar-refractivity contribution in [3.8, 4) is 0 Å². The molecule has 0 aliphatic carbocycles. The third-order valence-corrected chi connectivity index (χ3v) is 6.99. The molecule has 4 unspecified atom stereocenters. The molecule has 5 rings (SSSR count). The minimum Gasteiger partial charge on any atom is -0.360 e. The second kappa shape index (κ2) is 7.39. The number of carbonyl (C=O) groups is 3. The van der Waals surface area contributed by atoms with E-state index in [-0.39, 0.29) is 29.7 Å². The van der Waals surface area contributed by atoms with E-state index in [9.17, 15) is 14.4 Å². The van der Waals surface area contributed by atoms with Crippen LogP contribution in [0.4, 0.5) is 5.69 Å². The van der Waals surface area contributed by atoms with Crippen LogP contribution in [0.15, 0.2) is 60.7 Å². The number of hydrogen-bond donors (Lipinski definition) is 1. The first-order valence-electron chi connectivity index (χ1n) is 11.3. The molecule has 6 heteroatoms. The Balaban J connectivity index is 1.35. The number of aryl methyl sites for hydroxylation is 1. The van der Waals surface area contributed by atoms with Crippen LogP contribution in [0.5, 0.6) is 0 Å². The topological polar surface area (TPSA) is 75.7 Å². The molecule has 2 bridgehead atoms. The van der Waals surface area contributed by atoms with Crippen LogP contribution in [0.2, 0.25) is 0 Å². The van der Waals surface area contributed by atoms with Crippen molar-refractivity contribution >= 4 is 23.4 Å². The second-order valence-corrected chi connectivity index (χ2v) is 10.3. The molecule has 3 amide bonds. The lowest BCUT2D eigenvalue weighted by Gasteiger charge is -2.29. The van der Waals surface area contributed by atoms with E-state index in [0.29, 0.717) is 11.3 Å². The summed E-state index contributed by atoms with van der Waals surface area (Å²) in [5.74, 6) is -1.96. The van der Waals surface area contributed by atoms with Crippen molar-refractivity contribution in [1.29, 1.82) is 0 Å². The molecule has 3 aliphatic rings. The maximum Gasteiger partial charge on any atom is 0.251 e. The van der Waals surface area contributed by atoms with E-state index in [1.54, 1.807) is 12.1 Å². The van der Waals surface area contributed by atoms with Crippen LogP contribution in [0.1, 0.15) is 42.3 Å². The molecule has 0 spiro atoms. The van der Waals surface area contributed by atoms with Crippen molar-refractivity contribution in [2.75, 3.05) is 11.4 Å². The van der Waals surface area contributed by atoms with Gasteiger partial charge in [0.05, 0.1) is 30.2 Å². The standard InChI is InChI=1S/C27H28N2O4/c1-16-5-11-19(12-6-16)29-24(31)21-20-13-14-27(33-20,22(21)25(29)32)15-28-23(30)17-7-9-18(10-8-17)26(2,3)4/h5-14,20-22H,15H2,1-4H3,(H,28,30). The fraction of sp³-hybridized carbons (Fsp3) is 0.370. The SMILES string of the molecule is Cc1ccc(N2C(=O)C3C4C=CC(CNC(=O)c5ccc(C(C)(C)C)cc5)(O4)C3C2=O)cc1. The predicted octanol–water partition coefficient (Wildman–Crippen LogP) is 3.54. The van der Waals surface area contributed by atoms with Crippen molar-refractivity contribution in [2.45, 2.75) is 44.8 Å². The Morgan fingerprint density at radius 1 is 1.03 bits per heavy atom. The average molecular weight is 445 g/mol. The first-order valence-corrected chi connectivity index (χ1v) is 11.3. The zero-order valence-corrected chi connectivity index (χ0v) is 19.3. The van der Waals surface area contributed by atoms with Gasteiger partial charge in [0.25, 0.3) is 5.91 Å². The number of ether oxygens (including phenoxy) is 1. The molecule has 3 heterocycles. The molecule has 0 saturated carbocycles. The summed E-state index contributed by atoms with van der Waals surface area (Å²) in [6.07, 6.45) is 3.23. The van der Waals surface area contributed by atoms with E-state index in [4.69, 9.17) is 4.74 Å². The van der Waals surface area contributed by atoms with E-state index >= 15 is 0 Å². The van der Waals surface area contributed by atoms with Gasteiger partial charge in [-0.3, -0.25) is 14.4 Å². The summed E-state index contributed by atoms with van der Waals surface area (Å²) in [4.78, 5) is 40.7. The molecule has 170 valence electrons. The van der Waals surface area contributed by atoms with Crippen molar-refractivity contribution in [1.82, 2.24) is 5.32 Å². The summed E-state index contributed by atoms with van der Waals surface area (Å²) >= 11 is 0. The minimum atomic E-state index is -1.01. The maximum absolute atomic E-state index is 13.4. The quantitative estimate of drug-likeness (QED) is 0.578. The molecule has 6 nitrogen and oxygen atoms in total. The van der Waals surface area contributed by atoms with Crippen LogP contribution in [0.25, 0.3) is 0 Å². The summed E-state index contributed by atoms with van der Waals surface area (Å²) in [7, 11) is 0. The molecule has 2 aromatic carbocycles. The average Bonchev–Trinajstić information content (AvgIpc) is 3.43. The van der Waals surface area contributed by atoms with Gasteiger partial charge in [-0.15, -0.1) is 0 Å². The third-order valence-electron chi connectivity index (χ3n) is 6.99. The molecule has 33 heavy (non-hydrogen) atoms. The molecule has 2 fully saturated rings. The first kappa shape index (κ1) is 21.6. The summed E-state index contributed by atoms with van der Waals surface area (Å²) in [5.41, 5.74) is 2.31. The number of nitrogens with one attached hydrogen (secondary N) is 1. The summed E-state index contributed by atoms with van der Waals surface area (Å²) in [5, 5.41) is 2.93. The number of hydrogen-bond acceptors (Lipinski definition) is 4. The second-order valence-electron chi connectivity index (χ2n) is 10.3. The van der Waals surface area contributed by atoms with Gasteiger partial charge >= 0.3 is 0 Å². The van der Waals surface area contributed by atoms with Crippen LogP contribution >= 0.6 is 0 Å². The van der Waals surface area contributed by atoms with Gasteiger partial charge in [0.1, 0.15) is 5.60 Å². The molecule has 1 N–H and O–H groups in total. The van der Waals surface area contributed by atoms with Crippen LogP contribution < -0.4 is 10.2 Å². The number of imide groups is 1. The Hall–Kier alpha value is -3.25. The highest BCUT2D eigenvalue weighted by molar-refractivity contribution is 6.23. The van der Waals surface area contributed by atoms with E-state index in [1.165, 1.54) is 4.90 Å². The number of nitrogens with zero attached hydrogens (tertiary/aromatic N) is 1. The van der Waals surface area contributed by atoms with Crippen molar-refractivity contribution < 1.29 is 19.1 Å². The van der Waals surface area contributed by atoms with E-state index in [1.807, 2.05) is 55.5 Å². The number of amides is 3. The lowest BCUT2D eigenvalue weighted by atomic mass is 9.77. The van der Waals surface area contributed by atoms with Gasteiger partial charge in [-0.05, 0) is 42.2 Å². The fourth-order valence-corrected chi connectivity index (χ4v) is 5.10. The Kier molecular flexibility index (Phi) is 4.83. The van der Waals surface area contributed by atoms with Crippen molar-refractivity contribution in [3.05, 3.63) is 77.4 Å². The van der Waals surface area contributed by atoms with Gasteiger partial charge in [0.15, 0.2) is 0 Å². The zero-order valence-electron chi connectivity index (χ0n) is 19.3. The molecule has 2 aromatic rings. The van der Waals surface area contributed by atoms with Gasteiger partial charge in [-0.1, -0.05) is 62.8 Å². The molecular weight excluding hydrogens is 416 g/mol. The summed E-state index contributed by atoms with van der Waals surface area (Å²) in [6.45, 7) is 8.45. The van der Waals surface area contributed by atoms with Crippen LogP contribution in [0, 0.1) is 18.8 Å². The summed E-state index contributed by atoms with van der Waals surface area (Å²) in [6, 6.07) is 14.9. The fourth-order valence-electron chi connectivity index (χ4n) is 5.10. The van der Waals surface area contributed by atoms with Gasteiger partial charge in [0, 0.05) is 5.56 Å². The predicted molar refractivity (Wildman–Crippen MR) is 125 cm³/mol. The van der Waals surface area contributed by atoms with E-state index < -0.39 is 23.5 Å². The largest absolute Gasteiger partial charge is 0.360 e. The van der Waals surface area contributed by atoms with Crippen molar-refractivity contribution in [2.24, 2.45) is 11.8 Å². The Labute approximate surface area is 193 Å². The smallest absolute Gasteiger partial charge is 0.251 e. The van der Waals surface area contributed by atoms with E-state index in [2.05, 4.69) is 26.1 Å². The highest BCUT2D eigenvalue weighted by Gasteiger charge is 2.67. The number of carbonyl (C=O) groups excluding carboxylic acids is 3. The Bertz CT molecular complexity index is 1160. The van der Waals surface area contributed by atoms with E-state index in [0.717, 1.165) is 11.1 Å². The monoisotopic (exact) mass is 444 g/mol. The van der Waals surface area contributed by atoms with Gasteiger partial charge in [-0.25, -0.2) is 4.90 Å². The number of anilines is 1. The number of fused-ring (bicyclic) bond motifs is 5. The molecule has 4 atom stereocenters. The number of benzene rings is 2. The summed E-state index contributed by atoms with van der Waals surface area (Å²) < 4.78 is 6.13. The molecular formula is C27H28N2O4. The lowest BCUT2D eigenvalue weighted by molar-refractivity contribution is -0.126. The lowest BCUT2D eigenvalue weighted by Crippen LogP contribution is -2.48. The van der Waals surface area contributed by atoms with Crippen LogP contribution in [-0.2, 0) is 19.7 Å². The third kappa shape index (κ3) is 3.40. The first-order chi connectivity index (χ1) is 15.6. The maximum atomic E-state index is 13.4. The van der Waals surface area contributed by atoms with Gasteiger partial charge < -0.3 is 10.1 Å². The number of rotatable bonds is 4. The molecule has 0 radical (unpaired) electrons.